The van der Waals surface area contributed by atoms with Crippen molar-refractivity contribution in [3.63, 3.8) is 0 Å². The topological polar surface area (TPSA) is 21.3 Å². The van der Waals surface area contributed by atoms with E-state index in [1.807, 2.05) is 0 Å². The van der Waals surface area contributed by atoms with Crippen LogP contribution in [0.3, 0.4) is 0 Å². The van der Waals surface area contributed by atoms with Gasteiger partial charge in [0, 0.05) is 11.0 Å². The zero-order chi connectivity index (χ0) is 12.5. The van der Waals surface area contributed by atoms with Crippen LogP contribution in [0.15, 0.2) is 22.7 Å². The quantitative estimate of drug-likeness (QED) is 0.840. The maximum absolute atomic E-state index is 12.6. The van der Waals surface area contributed by atoms with Crippen LogP contribution in [0.4, 0.5) is 13.2 Å². The molecule has 0 amide bonds. The number of rotatable bonds is 1. The van der Waals surface area contributed by atoms with Gasteiger partial charge in [-0.2, -0.15) is 13.2 Å². The summed E-state index contributed by atoms with van der Waals surface area (Å²) in [5.41, 5.74) is -0.0550. The first-order valence-electron chi connectivity index (χ1n) is 5.15. The number of hydrogen-bond acceptors (Lipinski definition) is 2. The average Bonchev–Trinajstić information content (AvgIpc) is 2.28. The second-order valence-corrected chi connectivity index (χ2v) is 4.77. The molecule has 1 atom stereocenters. The first-order chi connectivity index (χ1) is 7.97. The zero-order valence-corrected chi connectivity index (χ0v) is 11.7. The van der Waals surface area contributed by atoms with Gasteiger partial charge in [0.05, 0.1) is 24.8 Å². The lowest BCUT2D eigenvalue weighted by Gasteiger charge is -2.25. The van der Waals surface area contributed by atoms with Crippen LogP contribution >= 0.6 is 28.3 Å². The number of benzene rings is 1. The van der Waals surface area contributed by atoms with Crippen LogP contribution in [0.2, 0.25) is 0 Å². The van der Waals surface area contributed by atoms with Crippen molar-refractivity contribution in [2.75, 3.05) is 19.8 Å². The molecule has 1 aliphatic heterocycles. The number of hydrogen-bond donors (Lipinski definition) is 1. The van der Waals surface area contributed by atoms with E-state index in [9.17, 15) is 13.2 Å². The molecule has 0 aromatic heterocycles. The van der Waals surface area contributed by atoms with E-state index in [4.69, 9.17) is 4.74 Å². The fourth-order valence-corrected chi connectivity index (χ4v) is 2.27. The molecule has 0 unspecified atom stereocenters. The molecule has 1 aromatic carbocycles. The predicted molar refractivity (Wildman–Crippen MR) is 68.0 cm³/mol. The van der Waals surface area contributed by atoms with Crippen LogP contribution < -0.4 is 5.32 Å². The number of morpholine rings is 1. The fraction of sp³-hybridized carbons (Fsp3) is 0.455. The fourth-order valence-electron chi connectivity index (χ4n) is 1.76. The second-order valence-electron chi connectivity index (χ2n) is 3.85. The van der Waals surface area contributed by atoms with Crippen molar-refractivity contribution in [2.24, 2.45) is 0 Å². The van der Waals surface area contributed by atoms with Crippen molar-refractivity contribution in [2.45, 2.75) is 12.2 Å². The van der Waals surface area contributed by atoms with E-state index in [0.717, 1.165) is 12.1 Å². The van der Waals surface area contributed by atoms with Crippen LogP contribution in [0, 0.1) is 0 Å². The molecule has 0 spiro atoms. The lowest BCUT2D eigenvalue weighted by atomic mass is 10.0. The van der Waals surface area contributed by atoms with Crippen molar-refractivity contribution in [1.82, 2.24) is 5.32 Å². The van der Waals surface area contributed by atoms with Gasteiger partial charge >= 0.3 is 6.18 Å². The summed E-state index contributed by atoms with van der Waals surface area (Å²) in [6.45, 7) is 1.64. The Bertz CT molecular complexity index is 408. The summed E-state index contributed by atoms with van der Waals surface area (Å²) in [6.07, 6.45) is -4.33. The smallest absolute Gasteiger partial charge is 0.378 e. The molecule has 1 heterocycles. The first kappa shape index (κ1) is 15.8. The Balaban J connectivity index is 0.00000162. The van der Waals surface area contributed by atoms with Crippen LogP contribution in [-0.2, 0) is 10.9 Å². The molecular weight excluding hydrogens is 334 g/mol. The standard InChI is InChI=1S/C11H11BrF3NO.ClH/c12-9-4-7(10-6-17-2-1-16-10)3-8(5-9)11(13,14)15;/h3-5,10,16H,1-2,6H2;1H/t10-;/m1./s1. The Morgan fingerprint density at radius 2 is 2.00 bits per heavy atom. The van der Waals surface area contributed by atoms with Gasteiger partial charge in [0.15, 0.2) is 0 Å². The highest BCUT2D eigenvalue weighted by molar-refractivity contribution is 9.10. The maximum Gasteiger partial charge on any atom is 0.416 e. The SMILES string of the molecule is Cl.FC(F)(F)c1cc(Br)cc([C@H]2COCCN2)c1. The molecule has 7 heteroatoms. The van der Waals surface area contributed by atoms with Crippen molar-refractivity contribution >= 4 is 28.3 Å². The van der Waals surface area contributed by atoms with Gasteiger partial charge in [-0.1, -0.05) is 15.9 Å². The summed E-state index contributed by atoms with van der Waals surface area (Å²) in [6, 6.07) is 3.74. The van der Waals surface area contributed by atoms with Gasteiger partial charge in [-0.15, -0.1) is 12.4 Å². The summed E-state index contributed by atoms with van der Waals surface area (Å²) < 4.78 is 43.6. The third-order valence-corrected chi connectivity index (χ3v) is 3.03. The highest BCUT2D eigenvalue weighted by Gasteiger charge is 2.31. The molecular formula is C11H12BrClF3NO. The van der Waals surface area contributed by atoms with Gasteiger partial charge in [0.25, 0.3) is 0 Å². The van der Waals surface area contributed by atoms with E-state index in [1.165, 1.54) is 0 Å². The Morgan fingerprint density at radius 3 is 2.56 bits per heavy atom. The summed E-state index contributed by atoms with van der Waals surface area (Å²) >= 11 is 3.10. The zero-order valence-electron chi connectivity index (χ0n) is 9.26. The molecule has 1 saturated heterocycles. The highest BCUT2D eigenvalue weighted by atomic mass is 79.9. The largest absolute Gasteiger partial charge is 0.416 e. The van der Waals surface area contributed by atoms with Crippen molar-refractivity contribution in [3.8, 4) is 0 Å². The van der Waals surface area contributed by atoms with Gasteiger partial charge in [0.2, 0.25) is 0 Å². The summed E-state index contributed by atoms with van der Waals surface area (Å²) in [4.78, 5) is 0. The minimum atomic E-state index is -4.33. The van der Waals surface area contributed by atoms with E-state index in [2.05, 4.69) is 21.2 Å². The minimum absolute atomic E-state index is 0. The molecule has 1 aliphatic rings. The molecule has 18 heavy (non-hydrogen) atoms. The van der Waals surface area contributed by atoms with E-state index < -0.39 is 11.7 Å². The number of nitrogens with one attached hydrogen (secondary N) is 1. The van der Waals surface area contributed by atoms with E-state index >= 15 is 0 Å². The molecule has 1 fully saturated rings. The van der Waals surface area contributed by atoms with E-state index in [0.29, 0.717) is 29.8 Å². The average molecular weight is 347 g/mol. The van der Waals surface area contributed by atoms with Crippen LogP contribution in [0.25, 0.3) is 0 Å². The Hall–Kier alpha value is -0.300. The summed E-state index contributed by atoms with van der Waals surface area (Å²) in [5.74, 6) is 0. The monoisotopic (exact) mass is 345 g/mol. The number of alkyl halides is 3. The molecule has 0 bridgehead atoms. The molecule has 0 radical (unpaired) electrons. The first-order valence-corrected chi connectivity index (χ1v) is 5.95. The third-order valence-electron chi connectivity index (χ3n) is 2.57. The Labute approximate surface area is 117 Å². The Kier molecular flexibility index (Phi) is 5.46. The van der Waals surface area contributed by atoms with E-state index in [1.54, 1.807) is 6.07 Å². The third kappa shape index (κ3) is 3.85. The molecule has 1 N–H and O–H groups in total. The van der Waals surface area contributed by atoms with E-state index in [-0.39, 0.29) is 18.4 Å². The molecule has 1 aromatic rings. The van der Waals surface area contributed by atoms with Crippen LogP contribution in [-0.4, -0.2) is 19.8 Å². The normalized spacial score (nSPS) is 20.3. The number of halogens is 5. The lowest BCUT2D eigenvalue weighted by Crippen LogP contribution is -2.34. The molecule has 0 saturated carbocycles. The van der Waals surface area contributed by atoms with Gasteiger partial charge in [-0.3, -0.25) is 0 Å². The summed E-state index contributed by atoms with van der Waals surface area (Å²) in [7, 11) is 0. The Morgan fingerprint density at radius 1 is 1.28 bits per heavy atom. The molecule has 102 valence electrons. The van der Waals surface area contributed by atoms with Gasteiger partial charge in [0.1, 0.15) is 0 Å². The van der Waals surface area contributed by atoms with Crippen molar-refractivity contribution in [1.29, 1.82) is 0 Å². The minimum Gasteiger partial charge on any atom is -0.378 e. The maximum atomic E-state index is 12.6. The number of ether oxygens (including phenoxy) is 1. The van der Waals surface area contributed by atoms with Crippen LogP contribution in [0.5, 0.6) is 0 Å². The van der Waals surface area contributed by atoms with Gasteiger partial charge < -0.3 is 10.1 Å². The van der Waals surface area contributed by atoms with Gasteiger partial charge in [-0.25, -0.2) is 0 Å². The van der Waals surface area contributed by atoms with Crippen molar-refractivity contribution < 1.29 is 17.9 Å². The second kappa shape index (κ2) is 6.23. The molecule has 0 aliphatic carbocycles. The van der Waals surface area contributed by atoms with Crippen molar-refractivity contribution in [3.05, 3.63) is 33.8 Å². The highest BCUT2D eigenvalue weighted by Crippen LogP contribution is 2.33. The summed E-state index contributed by atoms with van der Waals surface area (Å²) in [5, 5.41) is 3.13. The van der Waals surface area contributed by atoms with Gasteiger partial charge in [-0.05, 0) is 23.8 Å². The molecule has 2 rings (SSSR count). The van der Waals surface area contributed by atoms with Crippen LogP contribution in [0.1, 0.15) is 17.2 Å². The lowest BCUT2D eigenvalue weighted by molar-refractivity contribution is -0.137. The predicted octanol–water partition coefficient (Wildman–Crippen LogP) is 3.55. The molecule has 2 nitrogen and oxygen atoms in total.